The van der Waals surface area contributed by atoms with Crippen LogP contribution in [0.4, 0.5) is 0 Å². The summed E-state index contributed by atoms with van der Waals surface area (Å²) in [7, 11) is 0.856. The molecule has 0 aromatic carbocycles. The third kappa shape index (κ3) is 5.14. The van der Waals surface area contributed by atoms with E-state index < -0.39 is 0 Å². The molecule has 0 heterocycles. The summed E-state index contributed by atoms with van der Waals surface area (Å²) in [5, 5.41) is 0. The monoisotopic (exact) mass is 198 g/mol. The summed E-state index contributed by atoms with van der Waals surface area (Å²) >= 11 is 0. The quantitative estimate of drug-likeness (QED) is 0.589. The van der Waals surface area contributed by atoms with Gasteiger partial charge in [0.15, 0.2) is 0 Å². The van der Waals surface area contributed by atoms with Crippen molar-refractivity contribution in [2.75, 3.05) is 0 Å². The fraction of sp³-hybridized carbons (Fsp3) is 0.818. The molecule has 1 rings (SSSR count). The zero-order valence-corrected chi connectivity index (χ0v) is 10.8. The first kappa shape index (κ1) is 10.8. The Morgan fingerprint density at radius 1 is 0.923 bits per heavy atom. The summed E-state index contributed by atoms with van der Waals surface area (Å²) in [5.74, 6) is 1.27. The van der Waals surface area contributed by atoms with Gasteiger partial charge < -0.3 is 4.43 Å². The molecule has 1 aliphatic carbocycles. The molecule has 0 aromatic rings. The van der Waals surface area contributed by atoms with E-state index in [-0.39, 0.29) is 0 Å². The highest BCUT2D eigenvalue weighted by Gasteiger charge is 1.98. The molecule has 2 heteroatoms. The SMILES string of the molecule is [SiH3]OC1=CCCCCCCCCC1. The molecule has 1 nitrogen and oxygen atoms in total. The van der Waals surface area contributed by atoms with Crippen molar-refractivity contribution >= 4 is 10.5 Å². The van der Waals surface area contributed by atoms with Gasteiger partial charge in [0.1, 0.15) is 0 Å². The number of hydrogen-bond acceptors (Lipinski definition) is 1. The van der Waals surface area contributed by atoms with Crippen molar-refractivity contribution < 1.29 is 4.43 Å². The molecule has 0 bridgehead atoms. The standard InChI is InChI=1S/C11H22OSi/c13-12-11-9-7-5-3-1-2-4-6-8-10-11/h9H,1-8,10H2,13H3. The van der Waals surface area contributed by atoms with Gasteiger partial charge in [-0.15, -0.1) is 0 Å². The normalized spacial score (nSPS) is 21.7. The molecular formula is C11H22OSi. The highest BCUT2D eigenvalue weighted by atomic mass is 28.2. The lowest BCUT2D eigenvalue weighted by Gasteiger charge is -2.05. The summed E-state index contributed by atoms with van der Waals surface area (Å²) in [6, 6.07) is 0. The van der Waals surface area contributed by atoms with Crippen LogP contribution >= 0.6 is 0 Å². The Kier molecular flexibility index (Phi) is 5.99. The average Bonchev–Trinajstić information content (AvgIpc) is 2.22. The summed E-state index contributed by atoms with van der Waals surface area (Å²) in [4.78, 5) is 0. The van der Waals surface area contributed by atoms with Gasteiger partial charge in [0, 0.05) is 6.42 Å². The van der Waals surface area contributed by atoms with Gasteiger partial charge >= 0.3 is 0 Å². The van der Waals surface area contributed by atoms with Gasteiger partial charge in [0.2, 0.25) is 10.5 Å². The average molecular weight is 198 g/mol. The number of hydrogen-bond donors (Lipinski definition) is 0. The molecule has 13 heavy (non-hydrogen) atoms. The molecule has 0 unspecified atom stereocenters. The second-order valence-electron chi connectivity index (χ2n) is 3.89. The first-order valence-corrected chi connectivity index (χ1v) is 6.48. The molecule has 0 radical (unpaired) electrons. The van der Waals surface area contributed by atoms with E-state index in [0.29, 0.717) is 0 Å². The van der Waals surface area contributed by atoms with E-state index in [1.165, 1.54) is 63.5 Å². The van der Waals surface area contributed by atoms with Crippen molar-refractivity contribution in [3.05, 3.63) is 11.8 Å². The van der Waals surface area contributed by atoms with Crippen LogP contribution in [0.15, 0.2) is 11.8 Å². The predicted molar refractivity (Wildman–Crippen MR) is 60.7 cm³/mol. The molecule has 1 aliphatic rings. The van der Waals surface area contributed by atoms with Gasteiger partial charge in [0.05, 0.1) is 5.76 Å². The van der Waals surface area contributed by atoms with Crippen molar-refractivity contribution in [1.29, 1.82) is 0 Å². The Labute approximate surface area is 85.1 Å². The Morgan fingerprint density at radius 2 is 1.54 bits per heavy atom. The molecule has 0 spiro atoms. The minimum atomic E-state index is 0.856. The number of rotatable bonds is 1. The lowest BCUT2D eigenvalue weighted by Crippen LogP contribution is -1.88. The first-order valence-electron chi connectivity index (χ1n) is 5.66. The van der Waals surface area contributed by atoms with Crippen molar-refractivity contribution in [1.82, 2.24) is 0 Å². The molecule has 0 atom stereocenters. The fourth-order valence-electron chi connectivity index (χ4n) is 1.88. The summed E-state index contributed by atoms with van der Waals surface area (Å²) < 4.78 is 5.46. The molecule has 0 saturated carbocycles. The van der Waals surface area contributed by atoms with E-state index in [1.807, 2.05) is 0 Å². The van der Waals surface area contributed by atoms with Crippen molar-refractivity contribution in [2.45, 2.75) is 57.8 Å². The van der Waals surface area contributed by atoms with Gasteiger partial charge in [-0.1, -0.05) is 32.1 Å². The summed E-state index contributed by atoms with van der Waals surface area (Å²) in [5.41, 5.74) is 0. The van der Waals surface area contributed by atoms with Crippen LogP contribution in [0.2, 0.25) is 0 Å². The fourth-order valence-corrected chi connectivity index (χ4v) is 2.25. The van der Waals surface area contributed by atoms with Crippen molar-refractivity contribution in [3.8, 4) is 0 Å². The van der Waals surface area contributed by atoms with Crippen LogP contribution in [-0.4, -0.2) is 10.5 Å². The Balaban J connectivity index is 2.31. The molecule has 0 aromatic heterocycles. The Bertz CT molecular complexity index is 154. The second kappa shape index (κ2) is 7.19. The zero-order valence-electron chi connectivity index (χ0n) is 8.85. The minimum absolute atomic E-state index is 0.856. The van der Waals surface area contributed by atoms with Crippen molar-refractivity contribution in [3.63, 3.8) is 0 Å². The summed E-state index contributed by atoms with van der Waals surface area (Å²) in [6.07, 6.45) is 14.5. The largest absolute Gasteiger partial charge is 0.556 e. The van der Waals surface area contributed by atoms with Gasteiger partial charge in [0.25, 0.3) is 0 Å². The Hall–Kier alpha value is -0.243. The van der Waals surface area contributed by atoms with Crippen LogP contribution in [0.1, 0.15) is 57.8 Å². The van der Waals surface area contributed by atoms with E-state index in [4.69, 9.17) is 4.43 Å². The maximum absolute atomic E-state index is 5.46. The predicted octanol–water partition coefficient (Wildman–Crippen LogP) is 2.69. The van der Waals surface area contributed by atoms with Crippen LogP contribution in [0, 0.1) is 0 Å². The zero-order chi connectivity index (χ0) is 9.36. The van der Waals surface area contributed by atoms with Crippen LogP contribution in [0.3, 0.4) is 0 Å². The molecule has 76 valence electrons. The summed E-state index contributed by atoms with van der Waals surface area (Å²) in [6.45, 7) is 0. The van der Waals surface area contributed by atoms with E-state index in [2.05, 4.69) is 6.08 Å². The third-order valence-electron chi connectivity index (χ3n) is 2.76. The lowest BCUT2D eigenvalue weighted by molar-refractivity contribution is 0.429. The van der Waals surface area contributed by atoms with Crippen LogP contribution < -0.4 is 0 Å². The second-order valence-corrected chi connectivity index (χ2v) is 4.30. The molecule has 0 amide bonds. The van der Waals surface area contributed by atoms with E-state index in [9.17, 15) is 0 Å². The van der Waals surface area contributed by atoms with Crippen LogP contribution in [0.5, 0.6) is 0 Å². The van der Waals surface area contributed by atoms with Crippen molar-refractivity contribution in [2.24, 2.45) is 0 Å². The van der Waals surface area contributed by atoms with Crippen LogP contribution in [-0.2, 0) is 4.43 Å². The molecule has 0 saturated heterocycles. The molecule has 0 fully saturated rings. The third-order valence-corrected chi connectivity index (χ3v) is 3.29. The molecular weight excluding hydrogens is 176 g/mol. The molecule has 0 aliphatic heterocycles. The smallest absolute Gasteiger partial charge is 0.203 e. The van der Waals surface area contributed by atoms with E-state index in [0.717, 1.165) is 10.5 Å². The minimum Gasteiger partial charge on any atom is -0.556 e. The van der Waals surface area contributed by atoms with Crippen LogP contribution in [0.25, 0.3) is 0 Å². The number of allylic oxidation sites excluding steroid dienone is 2. The van der Waals surface area contributed by atoms with Gasteiger partial charge in [-0.2, -0.15) is 0 Å². The van der Waals surface area contributed by atoms with E-state index in [1.54, 1.807) is 0 Å². The maximum atomic E-state index is 5.46. The Morgan fingerprint density at radius 3 is 2.23 bits per heavy atom. The maximum Gasteiger partial charge on any atom is 0.203 e. The molecule has 0 N–H and O–H groups in total. The topological polar surface area (TPSA) is 9.23 Å². The van der Waals surface area contributed by atoms with Gasteiger partial charge in [-0.25, -0.2) is 0 Å². The van der Waals surface area contributed by atoms with Gasteiger partial charge in [-0.05, 0) is 25.3 Å². The highest BCUT2D eigenvalue weighted by Crippen LogP contribution is 2.16. The first-order chi connectivity index (χ1) is 6.43. The lowest BCUT2D eigenvalue weighted by atomic mass is 10.1. The van der Waals surface area contributed by atoms with Gasteiger partial charge in [-0.3, -0.25) is 0 Å². The highest BCUT2D eigenvalue weighted by molar-refractivity contribution is 5.98. The van der Waals surface area contributed by atoms with E-state index >= 15 is 0 Å².